The lowest BCUT2D eigenvalue weighted by Gasteiger charge is -2.13. The molecule has 0 atom stereocenters. The van der Waals surface area contributed by atoms with Gasteiger partial charge in [0.2, 0.25) is 0 Å². The Hall–Kier alpha value is -2.42. The van der Waals surface area contributed by atoms with E-state index in [0.29, 0.717) is 0 Å². The van der Waals surface area contributed by atoms with Gasteiger partial charge in [0.1, 0.15) is 11.5 Å². The van der Waals surface area contributed by atoms with Crippen molar-refractivity contribution in [1.29, 1.82) is 0 Å². The van der Waals surface area contributed by atoms with Gasteiger partial charge in [0.15, 0.2) is 0 Å². The van der Waals surface area contributed by atoms with Crippen LogP contribution in [0.2, 0.25) is 0 Å². The number of nitrogens with zero attached hydrogens (tertiary/aromatic N) is 2. The smallest absolute Gasteiger partial charge is 0.145 e. The summed E-state index contributed by atoms with van der Waals surface area (Å²) in [5, 5.41) is 2.99. The van der Waals surface area contributed by atoms with E-state index in [9.17, 15) is 4.39 Å². The van der Waals surface area contributed by atoms with E-state index in [1.807, 2.05) is 19.2 Å². The summed E-state index contributed by atoms with van der Waals surface area (Å²) >= 11 is 0. The number of hydrogen-bond acceptors (Lipinski definition) is 1. The minimum Gasteiger partial charge on any atom is -0.296 e. The molecule has 0 fully saturated rings. The summed E-state index contributed by atoms with van der Waals surface area (Å²) in [5.74, 6) is -0.212. The van der Waals surface area contributed by atoms with Gasteiger partial charge in [-0.3, -0.25) is 4.40 Å². The zero-order valence-electron chi connectivity index (χ0n) is 12.2. The van der Waals surface area contributed by atoms with Crippen molar-refractivity contribution in [1.82, 2.24) is 9.38 Å². The zero-order valence-corrected chi connectivity index (χ0v) is 12.2. The summed E-state index contributed by atoms with van der Waals surface area (Å²) in [7, 11) is 0. The van der Waals surface area contributed by atoms with Gasteiger partial charge in [0.05, 0.1) is 5.52 Å². The summed E-state index contributed by atoms with van der Waals surface area (Å²) in [5.41, 5.74) is 5.46. The number of hydrogen-bond donors (Lipinski definition) is 0. The zero-order chi connectivity index (χ0) is 14.7. The van der Waals surface area contributed by atoms with Crippen molar-refractivity contribution >= 4 is 27.3 Å². The number of rotatable bonds is 0. The Balaban J connectivity index is 2.45. The van der Waals surface area contributed by atoms with Gasteiger partial charge in [0.25, 0.3) is 0 Å². The van der Waals surface area contributed by atoms with E-state index in [1.165, 1.54) is 17.2 Å². The summed E-state index contributed by atoms with van der Waals surface area (Å²) in [6, 6.07) is 9.22. The first-order valence-electron chi connectivity index (χ1n) is 7.02. The summed E-state index contributed by atoms with van der Waals surface area (Å²) in [6.45, 7) is 6.22. The molecule has 3 heteroatoms. The van der Waals surface area contributed by atoms with Gasteiger partial charge >= 0.3 is 0 Å². The highest BCUT2D eigenvalue weighted by atomic mass is 19.1. The summed E-state index contributed by atoms with van der Waals surface area (Å²) in [6.07, 6.45) is 1.87. The Labute approximate surface area is 121 Å². The molecular formula is C18H15FN2. The predicted molar refractivity (Wildman–Crippen MR) is 84.4 cm³/mol. The first-order valence-corrected chi connectivity index (χ1v) is 7.02. The Bertz CT molecular complexity index is 1030. The molecule has 2 aromatic carbocycles. The maximum atomic E-state index is 13.7. The minimum absolute atomic E-state index is 0.212. The van der Waals surface area contributed by atoms with E-state index in [-0.39, 0.29) is 5.82 Å². The molecule has 2 heterocycles. The molecule has 0 N–H and O–H groups in total. The van der Waals surface area contributed by atoms with E-state index in [2.05, 4.69) is 35.4 Å². The van der Waals surface area contributed by atoms with Crippen LogP contribution in [0.25, 0.3) is 27.3 Å². The lowest BCUT2D eigenvalue weighted by atomic mass is 10.0. The number of halogens is 1. The van der Waals surface area contributed by atoms with Crippen LogP contribution in [0.1, 0.15) is 16.8 Å². The highest BCUT2D eigenvalue weighted by molar-refractivity contribution is 6.12. The number of imidazole rings is 1. The number of aromatic nitrogens is 2. The monoisotopic (exact) mass is 278 g/mol. The normalized spacial score (nSPS) is 11.8. The van der Waals surface area contributed by atoms with Crippen molar-refractivity contribution in [2.75, 3.05) is 0 Å². The van der Waals surface area contributed by atoms with Gasteiger partial charge in [-0.2, -0.15) is 0 Å². The third-order valence-corrected chi connectivity index (χ3v) is 4.12. The number of fused-ring (bicyclic) bond motifs is 6. The largest absolute Gasteiger partial charge is 0.296 e. The standard InChI is InChI=1S/C18H15FN2/c1-10-6-11(2)17-16(7-10)15-8-13(19)4-5-14(15)18-20-9-12(3)21(17)18/h4-9H,1-3H3. The van der Waals surface area contributed by atoms with Gasteiger partial charge in [-0.15, -0.1) is 0 Å². The fourth-order valence-electron chi connectivity index (χ4n) is 3.31. The third kappa shape index (κ3) is 1.60. The van der Waals surface area contributed by atoms with Crippen molar-refractivity contribution in [3.05, 3.63) is 59.2 Å². The molecule has 4 rings (SSSR count). The first kappa shape index (κ1) is 12.3. The summed E-state index contributed by atoms with van der Waals surface area (Å²) in [4.78, 5) is 4.53. The van der Waals surface area contributed by atoms with Crippen molar-refractivity contribution in [2.45, 2.75) is 20.8 Å². The lowest BCUT2D eigenvalue weighted by Crippen LogP contribution is -1.96. The Morgan fingerprint density at radius 1 is 0.952 bits per heavy atom. The van der Waals surface area contributed by atoms with Gasteiger partial charge < -0.3 is 0 Å². The third-order valence-electron chi connectivity index (χ3n) is 4.12. The van der Waals surface area contributed by atoms with Crippen LogP contribution in [-0.2, 0) is 0 Å². The van der Waals surface area contributed by atoms with Crippen molar-refractivity contribution in [3.8, 4) is 0 Å². The number of pyridine rings is 1. The van der Waals surface area contributed by atoms with Gasteiger partial charge in [-0.1, -0.05) is 11.6 Å². The van der Waals surface area contributed by atoms with Crippen LogP contribution in [0.4, 0.5) is 4.39 Å². The van der Waals surface area contributed by atoms with Crippen molar-refractivity contribution in [3.63, 3.8) is 0 Å². The van der Waals surface area contributed by atoms with E-state index >= 15 is 0 Å². The molecule has 0 aliphatic heterocycles. The second-order valence-electron chi connectivity index (χ2n) is 5.73. The van der Waals surface area contributed by atoms with Crippen LogP contribution in [0.5, 0.6) is 0 Å². The van der Waals surface area contributed by atoms with Crippen LogP contribution < -0.4 is 0 Å². The quantitative estimate of drug-likeness (QED) is 0.426. The predicted octanol–water partition coefficient (Wildman–Crippen LogP) is 4.71. The molecule has 0 aliphatic carbocycles. The van der Waals surface area contributed by atoms with Crippen LogP contribution in [0.15, 0.2) is 36.5 Å². The molecule has 0 saturated heterocycles. The topological polar surface area (TPSA) is 17.3 Å². The molecule has 0 radical (unpaired) electrons. The molecule has 0 aliphatic rings. The minimum atomic E-state index is -0.212. The fraction of sp³-hybridized carbons (Fsp3) is 0.167. The van der Waals surface area contributed by atoms with Crippen LogP contribution in [-0.4, -0.2) is 9.38 Å². The van der Waals surface area contributed by atoms with Crippen molar-refractivity contribution < 1.29 is 4.39 Å². The highest BCUT2D eigenvalue weighted by Gasteiger charge is 2.13. The molecule has 4 aromatic rings. The Morgan fingerprint density at radius 2 is 1.76 bits per heavy atom. The number of aryl methyl sites for hydroxylation is 3. The highest BCUT2D eigenvalue weighted by Crippen LogP contribution is 2.32. The molecule has 0 unspecified atom stereocenters. The molecule has 2 nitrogen and oxygen atoms in total. The molecule has 0 spiro atoms. The van der Waals surface area contributed by atoms with Crippen LogP contribution in [0.3, 0.4) is 0 Å². The molecule has 2 aromatic heterocycles. The maximum Gasteiger partial charge on any atom is 0.145 e. The van der Waals surface area contributed by atoms with E-state index in [1.54, 1.807) is 6.07 Å². The van der Waals surface area contributed by atoms with Crippen LogP contribution >= 0.6 is 0 Å². The molecule has 0 amide bonds. The van der Waals surface area contributed by atoms with E-state index in [0.717, 1.165) is 33.0 Å². The second kappa shape index (κ2) is 4.04. The maximum absolute atomic E-state index is 13.7. The van der Waals surface area contributed by atoms with Crippen LogP contribution in [0, 0.1) is 26.6 Å². The van der Waals surface area contributed by atoms with Gasteiger partial charge in [0, 0.05) is 22.7 Å². The molecule has 104 valence electrons. The number of benzene rings is 2. The molecule has 21 heavy (non-hydrogen) atoms. The first-order chi connectivity index (χ1) is 10.1. The SMILES string of the molecule is Cc1cc(C)c2c(c1)c1cc(F)ccc1c1ncc(C)n12. The Morgan fingerprint density at radius 3 is 2.57 bits per heavy atom. The Kier molecular flexibility index (Phi) is 2.37. The fourth-order valence-corrected chi connectivity index (χ4v) is 3.31. The molecule has 0 saturated carbocycles. The van der Waals surface area contributed by atoms with E-state index in [4.69, 9.17) is 0 Å². The molecule has 0 bridgehead atoms. The average molecular weight is 278 g/mol. The average Bonchev–Trinajstić information content (AvgIpc) is 2.80. The second-order valence-corrected chi connectivity index (χ2v) is 5.73. The van der Waals surface area contributed by atoms with Crippen molar-refractivity contribution in [2.24, 2.45) is 0 Å². The molecular weight excluding hydrogens is 263 g/mol. The van der Waals surface area contributed by atoms with Gasteiger partial charge in [-0.25, -0.2) is 9.37 Å². The van der Waals surface area contributed by atoms with E-state index < -0.39 is 0 Å². The summed E-state index contributed by atoms with van der Waals surface area (Å²) < 4.78 is 15.9. The lowest BCUT2D eigenvalue weighted by molar-refractivity contribution is 0.630. The van der Waals surface area contributed by atoms with Gasteiger partial charge in [-0.05, 0) is 56.0 Å².